The number of aryl methyl sites for hydroxylation is 2. The fourth-order valence-corrected chi connectivity index (χ4v) is 2.34. The van der Waals surface area contributed by atoms with E-state index in [1.165, 1.54) is 0 Å². The van der Waals surface area contributed by atoms with E-state index in [4.69, 9.17) is 0 Å². The Kier molecular flexibility index (Phi) is 2.73. The molecule has 0 aliphatic carbocycles. The lowest BCUT2D eigenvalue weighted by Gasteiger charge is -2.20. The van der Waals surface area contributed by atoms with Crippen LogP contribution in [0.3, 0.4) is 0 Å². The number of rotatable bonds is 1. The number of carbonyl (C=O) groups is 1. The minimum Gasteiger partial charge on any atom is -0.478 e. The zero-order chi connectivity index (χ0) is 13.7. The van der Waals surface area contributed by atoms with Gasteiger partial charge in [-0.25, -0.2) is 4.79 Å². The summed E-state index contributed by atoms with van der Waals surface area (Å²) in [5, 5.41) is 10.4. The third-order valence-corrected chi connectivity index (χ3v) is 3.37. The van der Waals surface area contributed by atoms with Gasteiger partial charge in [0.15, 0.2) is 0 Å². The topological polar surface area (TPSA) is 42.2 Å². The number of carboxylic acid groups (broad SMARTS) is 1. The summed E-state index contributed by atoms with van der Waals surface area (Å²) < 4.78 is 1.89. The third kappa shape index (κ3) is 1.90. The van der Waals surface area contributed by atoms with Gasteiger partial charge in [-0.3, -0.25) is 0 Å². The molecule has 2 rings (SSSR count). The van der Waals surface area contributed by atoms with Gasteiger partial charge in [-0.15, -0.1) is 0 Å². The van der Waals surface area contributed by atoms with Gasteiger partial charge in [0.05, 0.1) is 11.1 Å². The predicted octanol–water partition coefficient (Wildman–Crippen LogP) is 3.48. The van der Waals surface area contributed by atoms with Gasteiger partial charge in [0.1, 0.15) is 0 Å². The van der Waals surface area contributed by atoms with E-state index in [1.54, 1.807) is 6.07 Å². The highest BCUT2D eigenvalue weighted by Crippen LogP contribution is 2.31. The number of nitrogens with zero attached hydrogens (tertiary/aromatic N) is 1. The van der Waals surface area contributed by atoms with E-state index in [0.717, 1.165) is 22.0 Å². The largest absolute Gasteiger partial charge is 0.478 e. The molecule has 0 fully saturated rings. The molecule has 0 saturated carbocycles. The number of fused-ring (bicyclic) bond motifs is 1. The van der Waals surface area contributed by atoms with Gasteiger partial charge in [0.25, 0.3) is 0 Å². The van der Waals surface area contributed by atoms with Crippen molar-refractivity contribution in [2.24, 2.45) is 7.05 Å². The molecule has 96 valence electrons. The minimum atomic E-state index is -0.868. The Morgan fingerprint density at radius 2 is 1.89 bits per heavy atom. The molecule has 18 heavy (non-hydrogen) atoms. The summed E-state index contributed by atoms with van der Waals surface area (Å²) in [6, 6.07) is 3.90. The molecule has 1 aromatic carbocycles. The van der Waals surface area contributed by atoms with Gasteiger partial charge in [0, 0.05) is 18.6 Å². The molecule has 0 aliphatic heterocycles. The fraction of sp³-hybridized carbons (Fsp3) is 0.400. The normalized spacial score (nSPS) is 12.1. The first-order valence-corrected chi connectivity index (χ1v) is 6.05. The van der Waals surface area contributed by atoms with Gasteiger partial charge in [0.2, 0.25) is 0 Å². The van der Waals surface area contributed by atoms with Crippen molar-refractivity contribution in [2.75, 3.05) is 0 Å². The van der Waals surface area contributed by atoms with Crippen molar-refractivity contribution in [3.05, 3.63) is 35.0 Å². The van der Waals surface area contributed by atoms with Gasteiger partial charge < -0.3 is 9.67 Å². The van der Waals surface area contributed by atoms with Crippen molar-refractivity contribution in [1.82, 2.24) is 4.57 Å². The van der Waals surface area contributed by atoms with Crippen LogP contribution in [-0.4, -0.2) is 15.6 Å². The molecule has 2 aromatic rings. The summed E-state index contributed by atoms with van der Waals surface area (Å²) in [6.45, 7) is 8.30. The van der Waals surface area contributed by atoms with Crippen LogP contribution in [0.2, 0.25) is 0 Å². The molecule has 3 heteroatoms. The van der Waals surface area contributed by atoms with Crippen molar-refractivity contribution < 1.29 is 9.90 Å². The lowest BCUT2D eigenvalue weighted by Crippen LogP contribution is -2.13. The van der Waals surface area contributed by atoms with Crippen LogP contribution in [0.4, 0.5) is 0 Å². The Balaban J connectivity index is 2.90. The molecule has 1 N–H and O–H groups in total. The summed E-state index contributed by atoms with van der Waals surface area (Å²) in [6.07, 6.45) is 1.98. The fourth-order valence-electron chi connectivity index (χ4n) is 2.34. The van der Waals surface area contributed by atoms with Crippen LogP contribution in [0, 0.1) is 6.92 Å². The van der Waals surface area contributed by atoms with Crippen LogP contribution >= 0.6 is 0 Å². The van der Waals surface area contributed by atoms with Crippen LogP contribution in [0.5, 0.6) is 0 Å². The maximum absolute atomic E-state index is 11.4. The summed E-state index contributed by atoms with van der Waals surface area (Å²) in [7, 11) is 1.89. The van der Waals surface area contributed by atoms with Crippen molar-refractivity contribution >= 4 is 16.9 Å². The highest BCUT2D eigenvalue weighted by atomic mass is 16.4. The third-order valence-electron chi connectivity index (χ3n) is 3.37. The van der Waals surface area contributed by atoms with E-state index in [1.807, 2.05) is 24.7 Å². The molecule has 0 radical (unpaired) electrons. The zero-order valence-electron chi connectivity index (χ0n) is 11.5. The minimum absolute atomic E-state index is 0.0549. The number of benzene rings is 1. The van der Waals surface area contributed by atoms with Gasteiger partial charge >= 0.3 is 5.97 Å². The molecule has 1 heterocycles. The van der Waals surface area contributed by atoms with Crippen LogP contribution in [0.15, 0.2) is 18.3 Å². The summed E-state index contributed by atoms with van der Waals surface area (Å²) in [4.78, 5) is 11.4. The second kappa shape index (κ2) is 3.87. The highest BCUT2D eigenvalue weighted by molar-refractivity contribution is 6.03. The Bertz CT molecular complexity index is 630. The first-order valence-electron chi connectivity index (χ1n) is 6.05. The first kappa shape index (κ1) is 12.7. The number of hydrogen-bond donors (Lipinski definition) is 1. The molecule has 0 unspecified atom stereocenters. The summed E-state index contributed by atoms with van der Waals surface area (Å²) >= 11 is 0. The Labute approximate surface area is 107 Å². The van der Waals surface area contributed by atoms with Crippen LogP contribution < -0.4 is 0 Å². The molecular formula is C15H19NO2. The van der Waals surface area contributed by atoms with Crippen LogP contribution in [-0.2, 0) is 12.5 Å². The van der Waals surface area contributed by atoms with Crippen molar-refractivity contribution in [3.8, 4) is 0 Å². The Morgan fingerprint density at radius 1 is 1.28 bits per heavy atom. The smallest absolute Gasteiger partial charge is 0.337 e. The summed E-state index contributed by atoms with van der Waals surface area (Å²) in [5.74, 6) is -0.868. The van der Waals surface area contributed by atoms with Crippen LogP contribution in [0.25, 0.3) is 10.9 Å². The van der Waals surface area contributed by atoms with E-state index < -0.39 is 5.97 Å². The molecule has 0 aliphatic rings. The SMILES string of the molecule is Cc1cn(C)c2c(C(=O)O)cc(C(C)(C)C)cc12. The first-order chi connectivity index (χ1) is 8.21. The maximum Gasteiger partial charge on any atom is 0.337 e. The molecular weight excluding hydrogens is 226 g/mol. The lowest BCUT2D eigenvalue weighted by molar-refractivity contribution is 0.0698. The molecule has 0 bridgehead atoms. The quantitative estimate of drug-likeness (QED) is 0.835. The van der Waals surface area contributed by atoms with Crippen molar-refractivity contribution in [2.45, 2.75) is 33.1 Å². The van der Waals surface area contributed by atoms with Crippen molar-refractivity contribution in [3.63, 3.8) is 0 Å². The van der Waals surface area contributed by atoms with E-state index in [9.17, 15) is 9.90 Å². The maximum atomic E-state index is 11.4. The molecule has 0 amide bonds. The lowest BCUT2D eigenvalue weighted by atomic mass is 9.85. The Hall–Kier alpha value is -1.77. The predicted molar refractivity (Wildman–Crippen MR) is 73.3 cm³/mol. The average molecular weight is 245 g/mol. The summed E-state index contributed by atoms with van der Waals surface area (Å²) in [5.41, 5.74) is 3.30. The monoisotopic (exact) mass is 245 g/mol. The van der Waals surface area contributed by atoms with E-state index in [-0.39, 0.29) is 5.41 Å². The second-order valence-corrected chi connectivity index (χ2v) is 5.90. The van der Waals surface area contributed by atoms with E-state index in [2.05, 4.69) is 26.8 Å². The number of aromatic carboxylic acids is 1. The second-order valence-electron chi connectivity index (χ2n) is 5.90. The number of aromatic nitrogens is 1. The molecule has 1 aromatic heterocycles. The number of hydrogen-bond acceptors (Lipinski definition) is 1. The van der Waals surface area contributed by atoms with Gasteiger partial charge in [-0.1, -0.05) is 20.8 Å². The highest BCUT2D eigenvalue weighted by Gasteiger charge is 2.20. The van der Waals surface area contributed by atoms with Crippen LogP contribution in [0.1, 0.15) is 42.3 Å². The van der Waals surface area contributed by atoms with Gasteiger partial charge in [-0.2, -0.15) is 0 Å². The Morgan fingerprint density at radius 3 is 2.39 bits per heavy atom. The number of carboxylic acids is 1. The molecule has 0 atom stereocenters. The molecule has 3 nitrogen and oxygen atoms in total. The molecule has 0 spiro atoms. The van der Waals surface area contributed by atoms with Gasteiger partial charge in [-0.05, 0) is 35.6 Å². The van der Waals surface area contributed by atoms with E-state index >= 15 is 0 Å². The van der Waals surface area contributed by atoms with Crippen molar-refractivity contribution in [1.29, 1.82) is 0 Å². The average Bonchev–Trinajstić information content (AvgIpc) is 2.52. The zero-order valence-corrected chi connectivity index (χ0v) is 11.5. The standard InChI is InChI=1S/C15H19NO2/c1-9-8-16(5)13-11(9)6-10(15(2,3)4)7-12(13)14(17)18/h6-8H,1-5H3,(H,17,18). The van der Waals surface area contributed by atoms with E-state index in [0.29, 0.717) is 5.56 Å². The molecule has 0 saturated heterocycles.